The molecule has 0 unspecified atom stereocenters. The molecule has 0 aromatic heterocycles. The lowest BCUT2D eigenvalue weighted by Crippen LogP contribution is -2.17. The highest BCUT2D eigenvalue weighted by Crippen LogP contribution is 2.25. The summed E-state index contributed by atoms with van der Waals surface area (Å²) in [5.74, 6) is -0.256. The lowest BCUT2D eigenvalue weighted by atomic mass is 10.1. The second kappa shape index (κ2) is 5.84. The number of nitrogens with one attached hydrogen (secondary N) is 1. The average Bonchev–Trinajstić information content (AvgIpc) is 2.38. The number of hydrogen-bond acceptors (Lipinski definition) is 3. The number of carbonyl (C=O) groups excluding carboxylic acids is 1. The second-order valence-electron chi connectivity index (χ2n) is 4.60. The molecule has 0 aliphatic heterocycles. The molecule has 3 N–H and O–H groups in total. The van der Waals surface area contributed by atoms with Gasteiger partial charge >= 0.3 is 0 Å². The number of nitrogen functional groups attached to an aromatic ring is 1. The van der Waals surface area contributed by atoms with E-state index in [0.29, 0.717) is 16.3 Å². The zero-order valence-corrected chi connectivity index (χ0v) is 12.1. The SMILES string of the molecule is CN(C)c1ccccc1NC(=O)c1ccc(Cl)cc1N. The molecule has 104 valence electrons. The zero-order valence-electron chi connectivity index (χ0n) is 11.4. The van der Waals surface area contributed by atoms with Crippen LogP contribution in [0.15, 0.2) is 42.5 Å². The Hall–Kier alpha value is -2.20. The summed E-state index contributed by atoms with van der Waals surface area (Å²) in [5.41, 5.74) is 8.24. The van der Waals surface area contributed by atoms with Crippen LogP contribution in [-0.4, -0.2) is 20.0 Å². The Labute approximate surface area is 123 Å². The minimum atomic E-state index is -0.256. The summed E-state index contributed by atoms with van der Waals surface area (Å²) < 4.78 is 0. The number of carbonyl (C=O) groups is 1. The van der Waals surface area contributed by atoms with Gasteiger partial charge in [0.2, 0.25) is 0 Å². The quantitative estimate of drug-likeness (QED) is 0.853. The number of para-hydroxylation sites is 2. The van der Waals surface area contributed by atoms with Gasteiger partial charge in [-0.3, -0.25) is 4.79 Å². The van der Waals surface area contributed by atoms with Crippen molar-refractivity contribution in [1.29, 1.82) is 0 Å². The van der Waals surface area contributed by atoms with Crippen LogP contribution in [0.25, 0.3) is 0 Å². The van der Waals surface area contributed by atoms with Gasteiger partial charge in [0.05, 0.1) is 16.9 Å². The molecule has 0 radical (unpaired) electrons. The number of halogens is 1. The maximum Gasteiger partial charge on any atom is 0.257 e. The zero-order chi connectivity index (χ0) is 14.7. The Morgan fingerprint density at radius 3 is 2.55 bits per heavy atom. The Morgan fingerprint density at radius 2 is 1.90 bits per heavy atom. The third-order valence-corrected chi connectivity index (χ3v) is 3.13. The molecule has 5 heteroatoms. The number of hydrogen-bond donors (Lipinski definition) is 2. The molecule has 2 rings (SSSR count). The second-order valence-corrected chi connectivity index (χ2v) is 5.03. The molecule has 0 spiro atoms. The van der Waals surface area contributed by atoms with E-state index >= 15 is 0 Å². The lowest BCUT2D eigenvalue weighted by Gasteiger charge is -2.18. The van der Waals surface area contributed by atoms with Crippen LogP contribution in [0.1, 0.15) is 10.4 Å². The van der Waals surface area contributed by atoms with Crippen LogP contribution in [0.2, 0.25) is 5.02 Å². The van der Waals surface area contributed by atoms with Gasteiger partial charge in [0.15, 0.2) is 0 Å². The van der Waals surface area contributed by atoms with Crippen molar-refractivity contribution in [2.75, 3.05) is 30.0 Å². The van der Waals surface area contributed by atoms with Gasteiger partial charge in [-0.25, -0.2) is 0 Å². The van der Waals surface area contributed by atoms with Gasteiger partial charge in [-0.05, 0) is 30.3 Å². The maximum atomic E-state index is 12.3. The largest absolute Gasteiger partial charge is 0.398 e. The number of nitrogens with two attached hydrogens (primary N) is 1. The highest BCUT2D eigenvalue weighted by atomic mass is 35.5. The van der Waals surface area contributed by atoms with E-state index < -0.39 is 0 Å². The van der Waals surface area contributed by atoms with Crippen LogP contribution in [-0.2, 0) is 0 Å². The third kappa shape index (κ3) is 3.03. The van der Waals surface area contributed by atoms with Crippen molar-refractivity contribution < 1.29 is 4.79 Å². The summed E-state index contributed by atoms with van der Waals surface area (Å²) in [5, 5.41) is 3.37. The lowest BCUT2D eigenvalue weighted by molar-refractivity contribution is 0.102. The van der Waals surface area contributed by atoms with E-state index in [4.69, 9.17) is 17.3 Å². The van der Waals surface area contributed by atoms with E-state index in [-0.39, 0.29) is 5.91 Å². The molecule has 0 saturated heterocycles. The molecule has 0 bridgehead atoms. The predicted octanol–water partition coefficient (Wildman–Crippen LogP) is 3.24. The molecular weight excluding hydrogens is 274 g/mol. The van der Waals surface area contributed by atoms with Crippen molar-refractivity contribution in [1.82, 2.24) is 0 Å². The minimum absolute atomic E-state index is 0.256. The third-order valence-electron chi connectivity index (χ3n) is 2.89. The normalized spacial score (nSPS) is 10.2. The molecule has 0 aliphatic rings. The smallest absolute Gasteiger partial charge is 0.257 e. The van der Waals surface area contributed by atoms with Gasteiger partial charge in [-0.1, -0.05) is 23.7 Å². The fourth-order valence-electron chi connectivity index (χ4n) is 1.90. The first-order valence-corrected chi connectivity index (χ1v) is 6.49. The van der Waals surface area contributed by atoms with Crippen LogP contribution >= 0.6 is 11.6 Å². The number of benzene rings is 2. The Kier molecular flexibility index (Phi) is 4.15. The Bertz CT molecular complexity index is 641. The van der Waals surface area contributed by atoms with Crippen LogP contribution in [0.3, 0.4) is 0 Å². The van der Waals surface area contributed by atoms with E-state index in [2.05, 4.69) is 5.32 Å². The van der Waals surface area contributed by atoms with Crippen molar-refractivity contribution >= 4 is 34.6 Å². The van der Waals surface area contributed by atoms with Crippen molar-refractivity contribution in [2.24, 2.45) is 0 Å². The maximum absolute atomic E-state index is 12.3. The molecule has 0 fully saturated rings. The molecule has 0 atom stereocenters. The van der Waals surface area contributed by atoms with Crippen molar-refractivity contribution in [3.05, 3.63) is 53.1 Å². The van der Waals surface area contributed by atoms with Crippen LogP contribution in [0, 0.1) is 0 Å². The van der Waals surface area contributed by atoms with Gasteiger partial charge in [0.25, 0.3) is 5.91 Å². The summed E-state index contributed by atoms with van der Waals surface area (Å²) >= 11 is 5.83. The number of amides is 1. The highest BCUT2D eigenvalue weighted by molar-refractivity contribution is 6.31. The predicted molar refractivity (Wildman–Crippen MR) is 84.6 cm³/mol. The number of rotatable bonds is 3. The van der Waals surface area contributed by atoms with Crippen LogP contribution in [0.5, 0.6) is 0 Å². The summed E-state index contributed by atoms with van der Waals surface area (Å²) in [6.45, 7) is 0. The van der Waals surface area contributed by atoms with E-state index in [1.165, 1.54) is 0 Å². The van der Waals surface area contributed by atoms with Gasteiger partial charge in [-0.15, -0.1) is 0 Å². The first-order valence-electron chi connectivity index (χ1n) is 6.12. The first kappa shape index (κ1) is 14.2. The Balaban J connectivity index is 2.28. The van der Waals surface area contributed by atoms with Crippen LogP contribution in [0.4, 0.5) is 17.1 Å². The summed E-state index contributed by atoms with van der Waals surface area (Å²) in [6.07, 6.45) is 0. The standard InChI is InChI=1S/C15H16ClN3O/c1-19(2)14-6-4-3-5-13(14)18-15(20)11-8-7-10(16)9-12(11)17/h3-9H,17H2,1-2H3,(H,18,20). The van der Waals surface area contributed by atoms with E-state index in [1.54, 1.807) is 18.2 Å². The molecular formula is C15H16ClN3O. The summed E-state index contributed by atoms with van der Waals surface area (Å²) in [6, 6.07) is 12.4. The summed E-state index contributed by atoms with van der Waals surface area (Å²) in [7, 11) is 3.84. The average molecular weight is 290 g/mol. The highest BCUT2D eigenvalue weighted by Gasteiger charge is 2.12. The number of anilines is 3. The first-order chi connectivity index (χ1) is 9.49. The van der Waals surface area contributed by atoms with Gasteiger partial charge in [0, 0.05) is 24.8 Å². The van der Waals surface area contributed by atoms with Gasteiger partial charge in [-0.2, -0.15) is 0 Å². The van der Waals surface area contributed by atoms with Crippen molar-refractivity contribution in [2.45, 2.75) is 0 Å². The van der Waals surface area contributed by atoms with Crippen molar-refractivity contribution in [3.8, 4) is 0 Å². The molecule has 20 heavy (non-hydrogen) atoms. The van der Waals surface area contributed by atoms with E-state index in [1.807, 2.05) is 43.3 Å². The topological polar surface area (TPSA) is 58.4 Å². The van der Waals surface area contributed by atoms with Crippen molar-refractivity contribution in [3.63, 3.8) is 0 Å². The van der Waals surface area contributed by atoms with Gasteiger partial charge < -0.3 is 16.0 Å². The molecule has 1 amide bonds. The molecule has 4 nitrogen and oxygen atoms in total. The molecule has 2 aromatic carbocycles. The minimum Gasteiger partial charge on any atom is -0.398 e. The van der Waals surface area contributed by atoms with E-state index in [0.717, 1.165) is 11.4 Å². The molecule has 0 aliphatic carbocycles. The molecule has 0 saturated carbocycles. The van der Waals surface area contributed by atoms with E-state index in [9.17, 15) is 4.79 Å². The fourth-order valence-corrected chi connectivity index (χ4v) is 2.08. The molecule has 2 aromatic rings. The monoisotopic (exact) mass is 289 g/mol. The van der Waals surface area contributed by atoms with Crippen LogP contribution < -0.4 is 16.0 Å². The summed E-state index contributed by atoms with van der Waals surface area (Å²) in [4.78, 5) is 14.2. The number of nitrogens with zero attached hydrogens (tertiary/aromatic N) is 1. The van der Waals surface area contributed by atoms with Gasteiger partial charge in [0.1, 0.15) is 0 Å². The Morgan fingerprint density at radius 1 is 1.20 bits per heavy atom. The molecule has 0 heterocycles. The fraction of sp³-hybridized carbons (Fsp3) is 0.133.